The molecule has 1 fully saturated rings. The summed E-state index contributed by atoms with van der Waals surface area (Å²) in [6, 6.07) is 20.4. The van der Waals surface area contributed by atoms with Gasteiger partial charge in [0.2, 0.25) is 5.91 Å². The number of anilines is 1. The minimum Gasteiger partial charge on any atom is -0.369 e. The predicted octanol–water partition coefficient (Wildman–Crippen LogP) is 2.51. The quantitative estimate of drug-likeness (QED) is 0.918. The molecule has 4 heteroatoms. The molecular weight excluding hydrogens is 298 g/mol. The molecule has 1 N–H and O–H groups in total. The second-order valence-corrected chi connectivity index (χ2v) is 6.24. The fraction of sp³-hybridized carbons (Fsp3) is 0.350. The Morgan fingerprint density at radius 3 is 2.17 bits per heavy atom. The summed E-state index contributed by atoms with van der Waals surface area (Å²) in [5, 5.41) is 3.04. The molecule has 0 bridgehead atoms. The number of hydrogen-bond donors (Lipinski definition) is 1. The third kappa shape index (κ3) is 4.15. The van der Waals surface area contributed by atoms with E-state index in [4.69, 9.17) is 0 Å². The van der Waals surface area contributed by atoms with E-state index in [-0.39, 0.29) is 11.9 Å². The number of carbonyl (C=O) groups excluding carboxylic acids is 1. The lowest BCUT2D eigenvalue weighted by atomic mass is 10.2. The molecule has 126 valence electrons. The molecule has 1 aliphatic heterocycles. The summed E-state index contributed by atoms with van der Waals surface area (Å²) in [6.07, 6.45) is 0. The van der Waals surface area contributed by atoms with Crippen molar-refractivity contribution >= 4 is 11.6 Å². The Bertz CT molecular complexity index is 636. The predicted molar refractivity (Wildman–Crippen MR) is 98.0 cm³/mol. The Kier molecular flexibility index (Phi) is 5.49. The average molecular weight is 323 g/mol. The first-order valence-corrected chi connectivity index (χ1v) is 8.60. The van der Waals surface area contributed by atoms with E-state index in [1.807, 2.05) is 43.3 Å². The minimum atomic E-state index is -0.0911. The number of piperazine rings is 1. The van der Waals surface area contributed by atoms with Crippen molar-refractivity contribution in [3.63, 3.8) is 0 Å². The second-order valence-electron chi connectivity index (χ2n) is 6.24. The van der Waals surface area contributed by atoms with Crippen LogP contribution in [0.2, 0.25) is 0 Å². The Labute approximate surface area is 144 Å². The first kappa shape index (κ1) is 16.5. The highest BCUT2D eigenvalue weighted by Gasteiger charge is 2.25. The SMILES string of the molecule is CC(C(=O)NCc1ccccc1)N1CCN(c2ccccc2)CC1. The van der Waals surface area contributed by atoms with Gasteiger partial charge < -0.3 is 10.2 Å². The van der Waals surface area contributed by atoms with Gasteiger partial charge in [0.15, 0.2) is 0 Å². The molecule has 1 aliphatic rings. The summed E-state index contributed by atoms with van der Waals surface area (Å²) < 4.78 is 0. The van der Waals surface area contributed by atoms with Crippen LogP contribution in [0.4, 0.5) is 5.69 Å². The van der Waals surface area contributed by atoms with E-state index in [0.29, 0.717) is 6.54 Å². The Balaban J connectivity index is 1.47. The average Bonchev–Trinajstić information content (AvgIpc) is 2.67. The summed E-state index contributed by atoms with van der Waals surface area (Å²) in [5.41, 5.74) is 2.39. The highest BCUT2D eigenvalue weighted by Crippen LogP contribution is 2.16. The Hall–Kier alpha value is -2.33. The maximum absolute atomic E-state index is 12.4. The topological polar surface area (TPSA) is 35.6 Å². The van der Waals surface area contributed by atoms with Crippen LogP contribution in [0.3, 0.4) is 0 Å². The van der Waals surface area contributed by atoms with E-state index in [1.54, 1.807) is 0 Å². The van der Waals surface area contributed by atoms with E-state index in [0.717, 1.165) is 31.7 Å². The lowest BCUT2D eigenvalue weighted by Gasteiger charge is -2.38. The minimum absolute atomic E-state index is 0.0911. The second kappa shape index (κ2) is 7.97. The van der Waals surface area contributed by atoms with E-state index in [1.165, 1.54) is 5.69 Å². The monoisotopic (exact) mass is 323 g/mol. The number of para-hydroxylation sites is 1. The highest BCUT2D eigenvalue weighted by atomic mass is 16.2. The molecule has 1 atom stereocenters. The van der Waals surface area contributed by atoms with Crippen LogP contribution in [0, 0.1) is 0 Å². The van der Waals surface area contributed by atoms with Gasteiger partial charge in [-0.05, 0) is 24.6 Å². The number of hydrogen-bond acceptors (Lipinski definition) is 3. The molecular formula is C20H25N3O. The number of carbonyl (C=O) groups is 1. The molecule has 0 saturated carbocycles. The molecule has 3 rings (SSSR count). The van der Waals surface area contributed by atoms with E-state index >= 15 is 0 Å². The molecule has 1 heterocycles. The number of amides is 1. The first-order chi connectivity index (χ1) is 11.7. The molecule has 1 unspecified atom stereocenters. The van der Waals surface area contributed by atoms with Gasteiger partial charge in [-0.25, -0.2) is 0 Å². The van der Waals surface area contributed by atoms with Crippen LogP contribution < -0.4 is 10.2 Å². The maximum Gasteiger partial charge on any atom is 0.237 e. The van der Waals surface area contributed by atoms with Gasteiger partial charge in [0, 0.05) is 38.4 Å². The van der Waals surface area contributed by atoms with Crippen LogP contribution >= 0.6 is 0 Å². The normalized spacial score (nSPS) is 16.6. The number of rotatable bonds is 5. The zero-order valence-corrected chi connectivity index (χ0v) is 14.2. The molecule has 1 saturated heterocycles. The smallest absolute Gasteiger partial charge is 0.237 e. The van der Waals surface area contributed by atoms with Crippen LogP contribution in [0.25, 0.3) is 0 Å². The van der Waals surface area contributed by atoms with Crippen molar-refractivity contribution < 1.29 is 4.79 Å². The fourth-order valence-electron chi connectivity index (χ4n) is 3.10. The molecule has 0 radical (unpaired) electrons. The van der Waals surface area contributed by atoms with Crippen LogP contribution in [0.1, 0.15) is 12.5 Å². The summed E-state index contributed by atoms with van der Waals surface area (Å²) in [7, 11) is 0. The van der Waals surface area contributed by atoms with Gasteiger partial charge in [0.1, 0.15) is 0 Å². The van der Waals surface area contributed by atoms with Crippen molar-refractivity contribution in [2.75, 3.05) is 31.1 Å². The molecule has 0 aromatic heterocycles. The summed E-state index contributed by atoms with van der Waals surface area (Å²) in [5.74, 6) is 0.104. The van der Waals surface area contributed by atoms with Crippen molar-refractivity contribution in [3.8, 4) is 0 Å². The third-order valence-corrected chi connectivity index (χ3v) is 4.67. The van der Waals surface area contributed by atoms with Gasteiger partial charge in [-0.2, -0.15) is 0 Å². The van der Waals surface area contributed by atoms with Gasteiger partial charge >= 0.3 is 0 Å². The van der Waals surface area contributed by atoms with Gasteiger partial charge in [0.05, 0.1) is 6.04 Å². The van der Waals surface area contributed by atoms with E-state index < -0.39 is 0 Å². The van der Waals surface area contributed by atoms with Crippen LogP contribution in [-0.4, -0.2) is 43.0 Å². The number of nitrogens with zero attached hydrogens (tertiary/aromatic N) is 2. The molecule has 2 aromatic rings. The van der Waals surface area contributed by atoms with Crippen molar-refractivity contribution in [1.82, 2.24) is 10.2 Å². The molecule has 24 heavy (non-hydrogen) atoms. The first-order valence-electron chi connectivity index (χ1n) is 8.60. The van der Waals surface area contributed by atoms with Gasteiger partial charge in [0.25, 0.3) is 0 Å². The Morgan fingerprint density at radius 2 is 1.54 bits per heavy atom. The zero-order chi connectivity index (χ0) is 16.8. The largest absolute Gasteiger partial charge is 0.369 e. The van der Waals surface area contributed by atoms with Crippen LogP contribution in [0.15, 0.2) is 60.7 Å². The summed E-state index contributed by atoms with van der Waals surface area (Å²) in [4.78, 5) is 17.0. The van der Waals surface area contributed by atoms with Crippen molar-refractivity contribution in [1.29, 1.82) is 0 Å². The molecule has 2 aromatic carbocycles. The molecule has 1 amide bonds. The highest BCUT2D eigenvalue weighted by molar-refractivity contribution is 5.81. The lowest BCUT2D eigenvalue weighted by Crippen LogP contribution is -2.53. The molecule has 0 spiro atoms. The lowest BCUT2D eigenvalue weighted by molar-refractivity contribution is -0.126. The van der Waals surface area contributed by atoms with Crippen molar-refractivity contribution in [3.05, 3.63) is 66.2 Å². The number of benzene rings is 2. The Morgan fingerprint density at radius 1 is 0.958 bits per heavy atom. The molecule has 0 aliphatic carbocycles. The standard InChI is InChI=1S/C20H25N3O/c1-17(20(24)21-16-18-8-4-2-5-9-18)22-12-14-23(15-13-22)19-10-6-3-7-11-19/h2-11,17H,12-16H2,1H3,(H,21,24). The summed E-state index contributed by atoms with van der Waals surface area (Å²) in [6.45, 7) is 6.33. The molecule has 4 nitrogen and oxygen atoms in total. The van der Waals surface area contributed by atoms with Crippen molar-refractivity contribution in [2.24, 2.45) is 0 Å². The van der Waals surface area contributed by atoms with E-state index in [9.17, 15) is 4.79 Å². The zero-order valence-electron chi connectivity index (χ0n) is 14.2. The third-order valence-electron chi connectivity index (χ3n) is 4.67. The van der Waals surface area contributed by atoms with Crippen molar-refractivity contribution in [2.45, 2.75) is 19.5 Å². The van der Waals surface area contributed by atoms with Gasteiger partial charge in [-0.15, -0.1) is 0 Å². The summed E-state index contributed by atoms with van der Waals surface area (Å²) >= 11 is 0. The number of nitrogens with one attached hydrogen (secondary N) is 1. The fourth-order valence-corrected chi connectivity index (χ4v) is 3.10. The van der Waals surface area contributed by atoms with E-state index in [2.05, 4.69) is 39.4 Å². The van der Waals surface area contributed by atoms with Crippen LogP contribution in [0.5, 0.6) is 0 Å². The van der Waals surface area contributed by atoms with Gasteiger partial charge in [-0.1, -0.05) is 48.5 Å². The maximum atomic E-state index is 12.4. The van der Waals surface area contributed by atoms with Crippen LogP contribution in [-0.2, 0) is 11.3 Å². The van der Waals surface area contributed by atoms with Gasteiger partial charge in [-0.3, -0.25) is 9.69 Å².